The molecule has 2 aromatic carbocycles. The Balaban J connectivity index is 1.09. The molecule has 2 aromatic heterocycles. The Labute approximate surface area is 285 Å². The Bertz CT molecular complexity index is 1860. The van der Waals surface area contributed by atoms with E-state index in [0.29, 0.717) is 50.2 Å². The molecule has 1 aliphatic carbocycles. The average Bonchev–Trinajstić information content (AvgIpc) is 3.81. The molecule has 0 bridgehead atoms. The molecule has 0 radical (unpaired) electrons. The number of fused-ring (bicyclic) bond motifs is 2. The van der Waals surface area contributed by atoms with Gasteiger partial charge in [0.2, 0.25) is 0 Å². The van der Waals surface area contributed by atoms with E-state index in [9.17, 15) is 9.59 Å². The maximum absolute atomic E-state index is 13.6. The third-order valence-electron chi connectivity index (χ3n) is 10.1. The third-order valence-corrected chi connectivity index (χ3v) is 10.9. The molecule has 0 saturated heterocycles. The molecule has 7 rings (SSSR count). The van der Waals surface area contributed by atoms with Gasteiger partial charge < -0.3 is 19.8 Å². The number of aromatic nitrogens is 4. The number of imidazole rings is 2. The summed E-state index contributed by atoms with van der Waals surface area (Å²) >= 11 is 13.8. The van der Waals surface area contributed by atoms with Gasteiger partial charge in [-0.3, -0.25) is 19.4 Å². The molecule has 47 heavy (non-hydrogen) atoms. The van der Waals surface area contributed by atoms with Gasteiger partial charge in [-0.25, -0.2) is 9.97 Å². The Morgan fingerprint density at radius 2 is 1.30 bits per heavy atom. The summed E-state index contributed by atoms with van der Waals surface area (Å²) in [4.78, 5) is 41.3. The van der Waals surface area contributed by atoms with Crippen molar-refractivity contribution in [2.24, 2.45) is 14.1 Å². The van der Waals surface area contributed by atoms with Gasteiger partial charge in [0.1, 0.15) is 0 Å². The van der Waals surface area contributed by atoms with Crippen LogP contribution in [0.25, 0.3) is 11.1 Å². The average molecular weight is 676 g/mol. The van der Waals surface area contributed by atoms with E-state index in [0.717, 1.165) is 68.3 Å². The van der Waals surface area contributed by atoms with Gasteiger partial charge in [-0.1, -0.05) is 67.2 Å². The molecule has 4 heterocycles. The number of halogens is 2. The van der Waals surface area contributed by atoms with E-state index >= 15 is 0 Å². The van der Waals surface area contributed by atoms with Crippen LogP contribution >= 0.6 is 23.2 Å². The van der Waals surface area contributed by atoms with Crippen molar-refractivity contribution in [1.82, 2.24) is 28.9 Å². The highest BCUT2D eigenvalue weighted by Crippen LogP contribution is 2.40. The van der Waals surface area contributed by atoms with Crippen LogP contribution in [0.4, 0.5) is 11.4 Å². The van der Waals surface area contributed by atoms with Gasteiger partial charge in [-0.2, -0.15) is 0 Å². The molecule has 1 saturated carbocycles. The number of nitrogens with zero attached hydrogens (tertiary/aromatic N) is 6. The number of hydrogen-bond donors (Lipinski definition) is 2. The lowest BCUT2D eigenvalue weighted by molar-refractivity contribution is 0.100. The largest absolute Gasteiger partial charge is 0.327 e. The number of benzene rings is 2. The lowest BCUT2D eigenvalue weighted by atomic mass is 10.0. The minimum atomic E-state index is -0.333. The molecular weight excluding hydrogens is 635 g/mol. The number of anilines is 2. The topological polar surface area (TPSA) is 100 Å². The highest BCUT2D eigenvalue weighted by molar-refractivity contribution is 6.40. The molecule has 0 atom stereocenters. The zero-order valence-corrected chi connectivity index (χ0v) is 28.6. The lowest BCUT2D eigenvalue weighted by Gasteiger charge is -2.31. The van der Waals surface area contributed by atoms with Crippen LogP contribution in [0.3, 0.4) is 0 Å². The van der Waals surface area contributed by atoms with Gasteiger partial charge in [-0.05, 0) is 31.5 Å². The monoisotopic (exact) mass is 674 g/mol. The second-order valence-electron chi connectivity index (χ2n) is 12.8. The first-order valence-electron chi connectivity index (χ1n) is 16.5. The lowest BCUT2D eigenvalue weighted by Crippen LogP contribution is -2.38. The van der Waals surface area contributed by atoms with Gasteiger partial charge >= 0.3 is 0 Å². The van der Waals surface area contributed by atoms with Crippen molar-refractivity contribution >= 4 is 46.4 Å². The Hall–Kier alpha value is -3.70. The minimum Gasteiger partial charge on any atom is -0.327 e. The van der Waals surface area contributed by atoms with Crippen molar-refractivity contribution < 1.29 is 9.59 Å². The quantitative estimate of drug-likeness (QED) is 0.238. The van der Waals surface area contributed by atoms with E-state index in [2.05, 4.69) is 32.3 Å². The van der Waals surface area contributed by atoms with Crippen molar-refractivity contribution in [2.75, 3.05) is 30.3 Å². The van der Waals surface area contributed by atoms with Crippen LogP contribution in [0.5, 0.6) is 0 Å². The Morgan fingerprint density at radius 1 is 0.787 bits per heavy atom. The number of rotatable bonds is 7. The van der Waals surface area contributed by atoms with Gasteiger partial charge in [0, 0.05) is 81.7 Å². The first-order chi connectivity index (χ1) is 22.7. The number of carbonyl (C=O) groups excluding carboxylic acids is 2. The summed E-state index contributed by atoms with van der Waals surface area (Å²) in [5, 5.41) is 6.62. The molecule has 12 heteroatoms. The summed E-state index contributed by atoms with van der Waals surface area (Å²) in [7, 11) is 3.79. The van der Waals surface area contributed by atoms with E-state index in [1.807, 2.05) is 47.5 Å². The first-order valence-corrected chi connectivity index (χ1v) is 17.2. The van der Waals surface area contributed by atoms with Crippen molar-refractivity contribution in [1.29, 1.82) is 0 Å². The summed E-state index contributed by atoms with van der Waals surface area (Å²) in [5.41, 5.74) is 6.27. The fourth-order valence-electron chi connectivity index (χ4n) is 7.42. The standard InChI is InChI=1S/C35H40Cl2N8O2/c1-4-44-17-15-28-26(19-44)38-32(42(28)2)34(46)40-24-13-7-11-22(30(24)36)23-12-8-14-25(31(23)37)41-35(47)33-39-27-20-45(21-9-5-6-10-21)18-16-29(27)43(33)3/h7-8,11-14,21H,4-6,9-10,15-20H2,1-3H3,(H,40,46)(H,41,47). The number of hydrogen-bond acceptors (Lipinski definition) is 6. The van der Waals surface area contributed by atoms with Crippen LogP contribution in [-0.2, 0) is 40.0 Å². The Kier molecular flexibility index (Phi) is 8.86. The van der Waals surface area contributed by atoms with Gasteiger partial charge in [-0.15, -0.1) is 0 Å². The van der Waals surface area contributed by atoms with Gasteiger partial charge in [0.15, 0.2) is 11.6 Å². The van der Waals surface area contributed by atoms with Crippen LogP contribution in [0.15, 0.2) is 36.4 Å². The van der Waals surface area contributed by atoms with Crippen molar-refractivity contribution in [3.8, 4) is 11.1 Å². The van der Waals surface area contributed by atoms with Crippen molar-refractivity contribution in [3.63, 3.8) is 0 Å². The number of likely N-dealkylation sites (N-methyl/N-ethyl adjacent to an activating group) is 1. The molecule has 3 aliphatic rings. The van der Waals surface area contributed by atoms with Gasteiger partial charge in [0.05, 0.1) is 32.8 Å². The molecule has 2 amide bonds. The maximum atomic E-state index is 13.6. The smallest absolute Gasteiger partial charge is 0.291 e. The molecule has 0 unspecified atom stereocenters. The molecule has 0 spiro atoms. The van der Waals surface area contributed by atoms with E-state index in [1.54, 1.807) is 12.1 Å². The van der Waals surface area contributed by atoms with E-state index in [-0.39, 0.29) is 11.8 Å². The van der Waals surface area contributed by atoms with E-state index in [4.69, 9.17) is 28.2 Å². The van der Waals surface area contributed by atoms with Crippen LogP contribution in [0.1, 0.15) is 76.6 Å². The maximum Gasteiger partial charge on any atom is 0.291 e. The van der Waals surface area contributed by atoms with Gasteiger partial charge in [0.25, 0.3) is 11.8 Å². The summed E-state index contributed by atoms with van der Waals surface area (Å²) in [6.45, 7) is 6.52. The SMILES string of the molecule is CCN1CCc2c(nc(C(=O)Nc3cccc(-c4cccc(NC(=O)c5nc6c(n5C)CCN(C5CCCC5)C6)c4Cl)c3Cl)n2C)C1. The number of carbonyl (C=O) groups is 2. The molecule has 10 nitrogen and oxygen atoms in total. The summed E-state index contributed by atoms with van der Waals surface area (Å²) in [6, 6.07) is 11.4. The summed E-state index contributed by atoms with van der Waals surface area (Å²) in [5.74, 6) is 0.0609. The fourth-order valence-corrected chi connectivity index (χ4v) is 7.97. The first kappa shape index (κ1) is 31.9. The van der Waals surface area contributed by atoms with Crippen LogP contribution in [0, 0.1) is 0 Å². The van der Waals surface area contributed by atoms with Crippen LogP contribution < -0.4 is 10.6 Å². The highest BCUT2D eigenvalue weighted by atomic mass is 35.5. The molecule has 4 aromatic rings. The predicted octanol–water partition coefficient (Wildman–Crippen LogP) is 6.31. The molecule has 2 N–H and O–H groups in total. The number of nitrogens with one attached hydrogen (secondary N) is 2. The second-order valence-corrected chi connectivity index (χ2v) is 13.6. The van der Waals surface area contributed by atoms with E-state index in [1.165, 1.54) is 25.7 Å². The highest BCUT2D eigenvalue weighted by Gasteiger charge is 2.31. The Morgan fingerprint density at radius 3 is 1.83 bits per heavy atom. The zero-order valence-electron chi connectivity index (χ0n) is 27.1. The van der Waals surface area contributed by atoms with Crippen molar-refractivity contribution in [2.45, 2.75) is 64.6 Å². The fraction of sp³-hybridized carbons (Fsp3) is 0.429. The minimum absolute atomic E-state index is 0.319. The molecule has 2 aliphatic heterocycles. The normalized spacial score (nSPS) is 17.0. The number of amides is 2. The van der Waals surface area contributed by atoms with Crippen molar-refractivity contribution in [3.05, 3.63) is 80.9 Å². The molecule has 1 fully saturated rings. The van der Waals surface area contributed by atoms with Crippen LogP contribution in [-0.4, -0.2) is 66.4 Å². The second kappa shape index (κ2) is 13.1. The van der Waals surface area contributed by atoms with Crippen LogP contribution in [0.2, 0.25) is 10.0 Å². The molecular formula is C35H40Cl2N8O2. The molecule has 246 valence electrons. The summed E-state index contributed by atoms with van der Waals surface area (Å²) in [6.07, 6.45) is 6.80. The van der Waals surface area contributed by atoms with E-state index < -0.39 is 0 Å². The summed E-state index contributed by atoms with van der Waals surface area (Å²) < 4.78 is 3.79. The third kappa shape index (κ3) is 5.97. The predicted molar refractivity (Wildman–Crippen MR) is 185 cm³/mol. The zero-order chi connectivity index (χ0) is 32.8.